The first-order valence-corrected chi connectivity index (χ1v) is 5.62. The predicted octanol–water partition coefficient (Wildman–Crippen LogP) is 2.04. The zero-order valence-electron chi connectivity index (χ0n) is 7.52. The van der Waals surface area contributed by atoms with Crippen LogP contribution in [0.25, 0.3) is 0 Å². The minimum absolute atomic E-state index is 0.0812. The molecule has 0 saturated carbocycles. The summed E-state index contributed by atoms with van der Waals surface area (Å²) in [7, 11) is 0. The van der Waals surface area contributed by atoms with Gasteiger partial charge in [-0.05, 0) is 28.2 Å². The van der Waals surface area contributed by atoms with Gasteiger partial charge in [-0.15, -0.1) is 0 Å². The van der Waals surface area contributed by atoms with Crippen molar-refractivity contribution >= 4 is 34.8 Å². The van der Waals surface area contributed by atoms with Gasteiger partial charge in [-0.25, -0.2) is 0 Å². The molecule has 0 spiro atoms. The zero-order chi connectivity index (χ0) is 10.2. The molecule has 0 atom stereocenters. The van der Waals surface area contributed by atoms with Crippen molar-refractivity contribution in [2.45, 2.75) is 0 Å². The van der Waals surface area contributed by atoms with Crippen LogP contribution < -0.4 is 0 Å². The van der Waals surface area contributed by atoms with Gasteiger partial charge >= 0.3 is 5.97 Å². The van der Waals surface area contributed by atoms with Crippen molar-refractivity contribution < 1.29 is 9.53 Å². The fraction of sp³-hybridized carbons (Fsp3) is 0.200. The molecule has 0 saturated heterocycles. The molecule has 0 unspecified atom stereocenters. The highest BCUT2D eigenvalue weighted by molar-refractivity contribution is 14.1. The fourth-order valence-electron chi connectivity index (χ4n) is 0.871. The third kappa shape index (κ3) is 4.36. The minimum atomic E-state index is -0.299. The van der Waals surface area contributed by atoms with E-state index in [1.807, 2.05) is 52.9 Å². The number of benzene rings is 1. The monoisotopic (exact) mass is 303 g/mol. The second-order valence-electron chi connectivity index (χ2n) is 2.51. The van der Waals surface area contributed by atoms with Crippen LogP contribution in [0.5, 0.6) is 0 Å². The summed E-state index contributed by atoms with van der Waals surface area (Å²) in [4.78, 5) is 14.8. The van der Waals surface area contributed by atoms with Crippen LogP contribution in [0.4, 0.5) is 0 Å². The number of rotatable bonds is 4. The highest BCUT2D eigenvalue weighted by Crippen LogP contribution is 1.94. The lowest BCUT2D eigenvalue weighted by Gasteiger charge is -1.95. The average molecular weight is 303 g/mol. The molecule has 0 aliphatic carbocycles. The largest absolute Gasteiger partial charge is 0.454 e. The Bertz CT molecular complexity index is 311. The van der Waals surface area contributed by atoms with Gasteiger partial charge in [0.2, 0.25) is 0 Å². The van der Waals surface area contributed by atoms with Crippen LogP contribution in [0.1, 0.15) is 5.56 Å². The maximum atomic E-state index is 10.9. The molecule has 1 aromatic rings. The Balaban J connectivity index is 2.38. The molecule has 0 fully saturated rings. The second-order valence-corrected chi connectivity index (χ2v) is 3.13. The second kappa shape index (κ2) is 6.53. The topological polar surface area (TPSA) is 38.7 Å². The Morgan fingerprint density at radius 2 is 2.14 bits per heavy atom. The van der Waals surface area contributed by atoms with E-state index in [-0.39, 0.29) is 12.5 Å². The molecule has 0 aliphatic heterocycles. The molecule has 0 heterocycles. The summed E-state index contributed by atoms with van der Waals surface area (Å²) in [6.45, 7) is 0.0812. The van der Waals surface area contributed by atoms with Crippen LogP contribution >= 0.6 is 22.6 Å². The van der Waals surface area contributed by atoms with E-state index in [0.717, 1.165) is 5.56 Å². The zero-order valence-corrected chi connectivity index (χ0v) is 9.68. The number of hydrogen-bond donors (Lipinski definition) is 0. The van der Waals surface area contributed by atoms with Gasteiger partial charge in [0, 0.05) is 6.21 Å². The SMILES string of the molecule is O=C(CN=Cc1ccccc1)OCI. The van der Waals surface area contributed by atoms with Gasteiger partial charge in [0.15, 0.2) is 0 Å². The molecule has 4 heteroatoms. The van der Waals surface area contributed by atoms with Crippen molar-refractivity contribution in [3.63, 3.8) is 0 Å². The molecule has 3 nitrogen and oxygen atoms in total. The molecule has 1 aromatic carbocycles. The quantitative estimate of drug-likeness (QED) is 0.369. The number of alkyl halides is 1. The van der Waals surface area contributed by atoms with Gasteiger partial charge in [-0.2, -0.15) is 0 Å². The summed E-state index contributed by atoms with van der Waals surface area (Å²) >= 11 is 1.97. The number of esters is 1. The van der Waals surface area contributed by atoms with Gasteiger partial charge in [-0.3, -0.25) is 9.79 Å². The summed E-state index contributed by atoms with van der Waals surface area (Å²) in [6.07, 6.45) is 1.66. The summed E-state index contributed by atoms with van der Waals surface area (Å²) in [6, 6.07) is 9.62. The fourth-order valence-corrected chi connectivity index (χ4v) is 1.22. The normalized spacial score (nSPS) is 10.4. The minimum Gasteiger partial charge on any atom is -0.454 e. The van der Waals surface area contributed by atoms with Gasteiger partial charge in [0.25, 0.3) is 0 Å². The Kier molecular flexibility index (Phi) is 5.21. The van der Waals surface area contributed by atoms with E-state index in [1.54, 1.807) is 6.21 Å². The maximum absolute atomic E-state index is 10.9. The number of halogens is 1. The van der Waals surface area contributed by atoms with Crippen LogP contribution in [0, 0.1) is 0 Å². The van der Waals surface area contributed by atoms with E-state index in [1.165, 1.54) is 0 Å². The first-order chi connectivity index (χ1) is 6.83. The lowest BCUT2D eigenvalue weighted by Crippen LogP contribution is -2.06. The van der Waals surface area contributed by atoms with Gasteiger partial charge < -0.3 is 4.74 Å². The smallest absolute Gasteiger partial charge is 0.328 e. The number of carbonyl (C=O) groups is 1. The summed E-state index contributed by atoms with van der Waals surface area (Å²) < 4.78 is 5.09. The molecule has 0 bridgehead atoms. The average Bonchev–Trinajstić information content (AvgIpc) is 2.20. The van der Waals surface area contributed by atoms with Crippen LogP contribution in [0.15, 0.2) is 35.3 Å². The van der Waals surface area contributed by atoms with Gasteiger partial charge in [0.1, 0.15) is 11.2 Å². The molecule has 0 aliphatic rings. The van der Waals surface area contributed by atoms with Crippen LogP contribution in [-0.4, -0.2) is 23.3 Å². The Morgan fingerprint density at radius 1 is 1.43 bits per heavy atom. The lowest BCUT2D eigenvalue weighted by molar-refractivity contribution is -0.139. The van der Waals surface area contributed by atoms with Crippen molar-refractivity contribution in [3.05, 3.63) is 35.9 Å². The standard InChI is InChI=1S/C10H10INO2/c11-8-14-10(13)7-12-6-9-4-2-1-3-5-9/h1-6H,7-8H2. The molecular formula is C10H10INO2. The molecule has 0 radical (unpaired) electrons. The van der Waals surface area contributed by atoms with Crippen LogP contribution in [0.2, 0.25) is 0 Å². The molecular weight excluding hydrogens is 293 g/mol. The molecule has 0 amide bonds. The van der Waals surface area contributed by atoms with E-state index < -0.39 is 0 Å². The number of aliphatic imine (C=N–C) groups is 1. The molecule has 14 heavy (non-hydrogen) atoms. The van der Waals surface area contributed by atoms with Crippen molar-refractivity contribution in [1.29, 1.82) is 0 Å². The van der Waals surface area contributed by atoms with E-state index in [4.69, 9.17) is 4.74 Å². The van der Waals surface area contributed by atoms with Gasteiger partial charge in [-0.1, -0.05) is 30.3 Å². The molecule has 0 aromatic heterocycles. The van der Waals surface area contributed by atoms with Crippen molar-refractivity contribution in [2.75, 3.05) is 11.2 Å². The first kappa shape index (κ1) is 11.2. The number of hydrogen-bond acceptors (Lipinski definition) is 3. The summed E-state index contributed by atoms with van der Waals surface area (Å²) in [5.74, 6) is -0.299. The number of ether oxygens (including phenoxy) is 1. The third-order valence-electron chi connectivity index (χ3n) is 1.48. The first-order valence-electron chi connectivity index (χ1n) is 4.09. The van der Waals surface area contributed by atoms with Crippen molar-refractivity contribution in [2.24, 2.45) is 4.99 Å². The van der Waals surface area contributed by atoms with Crippen LogP contribution in [0.3, 0.4) is 0 Å². The lowest BCUT2D eigenvalue weighted by atomic mass is 10.2. The number of nitrogens with zero attached hydrogens (tertiary/aromatic N) is 1. The molecule has 1 rings (SSSR count). The van der Waals surface area contributed by atoms with Crippen LogP contribution in [-0.2, 0) is 9.53 Å². The van der Waals surface area contributed by atoms with E-state index in [0.29, 0.717) is 4.61 Å². The van der Waals surface area contributed by atoms with Gasteiger partial charge in [0.05, 0.1) is 0 Å². The molecule has 0 N–H and O–H groups in total. The van der Waals surface area contributed by atoms with E-state index in [9.17, 15) is 4.79 Å². The Hall–Kier alpha value is -0.910. The summed E-state index contributed by atoms with van der Waals surface area (Å²) in [5.41, 5.74) is 0.981. The highest BCUT2D eigenvalue weighted by Gasteiger charge is 1.97. The summed E-state index contributed by atoms with van der Waals surface area (Å²) in [5, 5.41) is 0. The molecule has 74 valence electrons. The van der Waals surface area contributed by atoms with E-state index >= 15 is 0 Å². The van der Waals surface area contributed by atoms with E-state index in [2.05, 4.69) is 4.99 Å². The predicted molar refractivity (Wildman–Crippen MR) is 63.9 cm³/mol. The van der Waals surface area contributed by atoms with Crippen molar-refractivity contribution in [1.82, 2.24) is 0 Å². The Morgan fingerprint density at radius 3 is 2.79 bits per heavy atom. The third-order valence-corrected chi connectivity index (χ3v) is 1.79. The highest BCUT2D eigenvalue weighted by atomic mass is 127. The Labute approximate surface area is 96.3 Å². The maximum Gasteiger partial charge on any atom is 0.328 e. The van der Waals surface area contributed by atoms with Crippen molar-refractivity contribution in [3.8, 4) is 0 Å². The number of carbonyl (C=O) groups excluding carboxylic acids is 1.